The lowest BCUT2D eigenvalue weighted by Gasteiger charge is -2.30. The van der Waals surface area contributed by atoms with Crippen molar-refractivity contribution < 1.29 is 16.4 Å². The average molecular weight is 409 g/mol. The molecule has 0 fully saturated rings. The molecule has 0 saturated carbocycles. The average Bonchev–Trinajstić information content (AvgIpc) is 3.10. The highest BCUT2D eigenvalue weighted by atomic mass is 16.6. The van der Waals surface area contributed by atoms with Crippen LogP contribution in [0, 0.1) is 13.8 Å². The zero-order valence-electron chi connectivity index (χ0n) is 22.7. The minimum atomic E-state index is -2.30. The maximum absolute atomic E-state index is 12.8. The zero-order chi connectivity index (χ0) is 25.7. The van der Waals surface area contributed by atoms with Crippen LogP contribution in [-0.2, 0) is 17.7 Å². The summed E-state index contributed by atoms with van der Waals surface area (Å²) in [4.78, 5) is 18.6. The summed E-state index contributed by atoms with van der Waals surface area (Å²) in [6.45, 7) is 5.59. The molecule has 156 valence electrons. The highest BCUT2D eigenvalue weighted by molar-refractivity contribution is 5.89. The molecule has 1 aliphatic rings. The second-order valence-electron chi connectivity index (χ2n) is 8.57. The predicted octanol–water partition coefficient (Wildman–Crippen LogP) is 5.57. The second kappa shape index (κ2) is 7.63. The number of ether oxygens (including phenoxy) is 1. The highest BCUT2D eigenvalue weighted by Crippen LogP contribution is 2.32. The van der Waals surface area contributed by atoms with Gasteiger partial charge in [-0.25, -0.2) is 4.79 Å². The van der Waals surface area contributed by atoms with Crippen LogP contribution in [0.25, 0.3) is 23.1 Å². The van der Waals surface area contributed by atoms with Crippen LogP contribution < -0.4 is 0 Å². The van der Waals surface area contributed by atoms with Crippen LogP contribution in [0.1, 0.15) is 55.7 Å². The quantitative estimate of drug-likeness (QED) is 0.556. The molecular formula is C25H29N3O2. The van der Waals surface area contributed by atoms with Gasteiger partial charge in [-0.05, 0) is 64.4 Å². The third-order valence-corrected chi connectivity index (χ3v) is 5.02. The van der Waals surface area contributed by atoms with Crippen LogP contribution in [0.5, 0.6) is 0 Å². The highest BCUT2D eigenvalue weighted by Gasteiger charge is 2.29. The summed E-state index contributed by atoms with van der Waals surface area (Å²) in [5, 5.41) is 0.654. The molecule has 0 aliphatic carbocycles. The molecular weight excluding hydrogens is 374 g/mol. The van der Waals surface area contributed by atoms with Crippen molar-refractivity contribution in [2.24, 2.45) is 0 Å². The molecule has 0 saturated heterocycles. The Morgan fingerprint density at radius 2 is 2.13 bits per heavy atom. The summed E-state index contributed by atoms with van der Waals surface area (Å²) < 4.78 is 48.3. The number of amides is 1. The molecule has 5 heteroatoms. The van der Waals surface area contributed by atoms with Gasteiger partial charge in [0, 0.05) is 51.8 Å². The maximum Gasteiger partial charge on any atom is 0.410 e. The molecule has 2 aromatic heterocycles. The molecule has 0 unspecified atom stereocenters. The van der Waals surface area contributed by atoms with E-state index in [1.165, 1.54) is 6.07 Å². The Morgan fingerprint density at radius 1 is 1.30 bits per heavy atom. The van der Waals surface area contributed by atoms with Gasteiger partial charge in [0.2, 0.25) is 0 Å². The standard InChI is InChI=1S/C25H29N3O2/c1-17-6-9-22-20(14-17)21-16-27(24(29)30-25(3,4)5)12-11-23(21)28(22)13-10-19-8-7-18(2)26-15-19/h6-10,13-15H,11-12,16H2,1-5H3/b13-10+/i1D3,10D,13D. The Balaban J connectivity index is 1.88. The van der Waals surface area contributed by atoms with E-state index in [-0.39, 0.29) is 24.3 Å². The van der Waals surface area contributed by atoms with Crippen LogP contribution in [-0.4, -0.2) is 32.7 Å². The summed E-state index contributed by atoms with van der Waals surface area (Å²) >= 11 is 0. The van der Waals surface area contributed by atoms with Gasteiger partial charge in [-0.3, -0.25) is 4.98 Å². The van der Waals surface area contributed by atoms with Crippen LogP contribution in [0.2, 0.25) is 0 Å². The molecule has 3 aromatic rings. The number of carbonyl (C=O) groups is 1. The van der Waals surface area contributed by atoms with E-state index in [1.807, 2.05) is 27.7 Å². The lowest BCUT2D eigenvalue weighted by molar-refractivity contribution is 0.0224. The monoisotopic (exact) mass is 408 g/mol. The summed E-state index contributed by atoms with van der Waals surface area (Å²) in [6, 6.07) is 8.39. The molecule has 1 aromatic carbocycles. The van der Waals surface area contributed by atoms with Crippen molar-refractivity contribution in [3.05, 3.63) is 64.6 Å². The van der Waals surface area contributed by atoms with E-state index >= 15 is 0 Å². The fourth-order valence-electron chi connectivity index (χ4n) is 3.63. The van der Waals surface area contributed by atoms with E-state index in [2.05, 4.69) is 4.98 Å². The lowest BCUT2D eigenvalue weighted by atomic mass is 10.0. The van der Waals surface area contributed by atoms with Gasteiger partial charge in [-0.15, -0.1) is 0 Å². The van der Waals surface area contributed by atoms with Crippen molar-refractivity contribution in [3.63, 3.8) is 0 Å². The molecule has 4 rings (SSSR count). The van der Waals surface area contributed by atoms with Gasteiger partial charge >= 0.3 is 6.09 Å². The molecule has 1 aliphatic heterocycles. The number of carbonyl (C=O) groups excluding carboxylic acids is 1. The molecule has 0 atom stereocenters. The van der Waals surface area contributed by atoms with E-state index in [4.69, 9.17) is 11.6 Å². The van der Waals surface area contributed by atoms with Gasteiger partial charge in [0.1, 0.15) is 5.60 Å². The molecule has 0 bridgehead atoms. The number of nitrogens with zero attached hydrogens (tertiary/aromatic N) is 3. The minimum Gasteiger partial charge on any atom is -0.444 e. The first-order valence-electron chi connectivity index (χ1n) is 12.5. The van der Waals surface area contributed by atoms with Gasteiger partial charge in [-0.2, -0.15) is 0 Å². The molecule has 0 N–H and O–H groups in total. The third kappa shape index (κ3) is 4.11. The van der Waals surface area contributed by atoms with Crippen molar-refractivity contribution in [1.82, 2.24) is 14.5 Å². The van der Waals surface area contributed by atoms with E-state index < -0.39 is 18.5 Å². The first-order chi connectivity index (χ1) is 16.3. The Labute approximate surface area is 185 Å². The predicted molar refractivity (Wildman–Crippen MR) is 121 cm³/mol. The fraction of sp³-hybridized carbons (Fsp3) is 0.360. The van der Waals surface area contributed by atoms with Crippen molar-refractivity contribution >= 4 is 29.2 Å². The largest absolute Gasteiger partial charge is 0.444 e. The SMILES string of the molecule is [2H]/C(=C(/[2H])n1c2c(c3cc(C([2H])([2H])[2H])ccc31)CN(C(=O)OC(C)(C)C)CC2)c1ccc(C)nc1. The molecule has 0 radical (unpaired) electrons. The number of aromatic nitrogens is 2. The third-order valence-electron chi connectivity index (χ3n) is 5.02. The Kier molecular flexibility index (Phi) is 3.77. The van der Waals surface area contributed by atoms with Crippen LogP contribution >= 0.6 is 0 Å². The van der Waals surface area contributed by atoms with E-state index in [0.29, 0.717) is 29.4 Å². The number of aryl methyl sites for hydroxylation is 2. The lowest BCUT2D eigenvalue weighted by Crippen LogP contribution is -2.40. The zero-order valence-corrected chi connectivity index (χ0v) is 17.7. The number of pyridine rings is 1. The molecule has 5 nitrogen and oxygen atoms in total. The summed E-state index contributed by atoms with van der Waals surface area (Å²) in [7, 11) is 0. The van der Waals surface area contributed by atoms with Gasteiger partial charge in [-0.1, -0.05) is 17.7 Å². The van der Waals surface area contributed by atoms with E-state index in [9.17, 15) is 4.79 Å². The molecule has 1 amide bonds. The van der Waals surface area contributed by atoms with Crippen LogP contribution in [0.3, 0.4) is 0 Å². The fourth-order valence-corrected chi connectivity index (χ4v) is 3.63. The molecule has 3 heterocycles. The van der Waals surface area contributed by atoms with Crippen molar-refractivity contribution in [1.29, 1.82) is 0 Å². The summed E-state index contributed by atoms with van der Waals surface area (Å²) in [5.41, 5.74) is 3.06. The van der Waals surface area contributed by atoms with Crippen LogP contribution in [0.15, 0.2) is 36.5 Å². The Hall–Kier alpha value is -3.08. The van der Waals surface area contributed by atoms with E-state index in [0.717, 1.165) is 17.0 Å². The normalized spacial score (nSPS) is 17.9. The van der Waals surface area contributed by atoms with Crippen molar-refractivity contribution in [3.8, 4) is 0 Å². The first-order valence-corrected chi connectivity index (χ1v) is 10.0. The first kappa shape index (κ1) is 14.8. The second-order valence-corrected chi connectivity index (χ2v) is 8.57. The minimum absolute atomic E-state index is 0.00618. The van der Waals surface area contributed by atoms with Crippen molar-refractivity contribution in [2.75, 3.05) is 6.54 Å². The molecule has 0 spiro atoms. The Bertz CT molecular complexity index is 1320. The van der Waals surface area contributed by atoms with Gasteiger partial charge in [0.25, 0.3) is 0 Å². The number of benzene rings is 1. The number of fused-ring (bicyclic) bond motifs is 3. The van der Waals surface area contributed by atoms with Crippen molar-refractivity contribution in [2.45, 2.75) is 53.1 Å². The summed E-state index contributed by atoms with van der Waals surface area (Å²) in [5.74, 6) is 0. The topological polar surface area (TPSA) is 47.4 Å². The van der Waals surface area contributed by atoms with Gasteiger partial charge in [0.15, 0.2) is 0 Å². The van der Waals surface area contributed by atoms with Gasteiger partial charge < -0.3 is 14.2 Å². The van der Waals surface area contributed by atoms with Crippen LogP contribution in [0.4, 0.5) is 4.79 Å². The number of hydrogen-bond donors (Lipinski definition) is 0. The Morgan fingerprint density at radius 3 is 2.83 bits per heavy atom. The number of rotatable bonds is 2. The number of hydrogen-bond acceptors (Lipinski definition) is 3. The maximum atomic E-state index is 12.8. The van der Waals surface area contributed by atoms with E-state index in [1.54, 1.807) is 39.9 Å². The smallest absolute Gasteiger partial charge is 0.410 e. The van der Waals surface area contributed by atoms with Gasteiger partial charge in [0.05, 0.1) is 14.8 Å². The summed E-state index contributed by atoms with van der Waals surface area (Å²) in [6.07, 6.45) is 1.54. The molecule has 30 heavy (non-hydrogen) atoms.